The van der Waals surface area contributed by atoms with Crippen molar-refractivity contribution in [2.24, 2.45) is 17.8 Å². The Morgan fingerprint density at radius 2 is 2.29 bits per heavy atom. The fraction of sp³-hybridized carbons (Fsp3) is 0.588. The van der Waals surface area contributed by atoms with Crippen LogP contribution in [0.25, 0.3) is 0 Å². The summed E-state index contributed by atoms with van der Waals surface area (Å²) in [5.41, 5.74) is 0. The minimum atomic E-state index is -0.0229. The standard InChI is InChI=1S/C17H22BrNO2/c1-11(16-8-12-5-6-13(16)7-12)19-17(20)10-21-15-4-2-3-14(18)9-15/h2-4,9,11-13,16H,5-8,10H2,1H3,(H,19,20)/t11-,12+,13+,16+/m0/s1. The summed E-state index contributed by atoms with van der Waals surface area (Å²) in [4.78, 5) is 12.0. The molecule has 2 bridgehead atoms. The van der Waals surface area contributed by atoms with Crippen molar-refractivity contribution in [3.8, 4) is 5.75 Å². The van der Waals surface area contributed by atoms with E-state index in [1.165, 1.54) is 25.7 Å². The zero-order chi connectivity index (χ0) is 14.8. The highest BCUT2D eigenvalue weighted by Crippen LogP contribution is 2.49. The number of carbonyl (C=O) groups excluding carboxylic acids is 1. The fourth-order valence-corrected chi connectivity index (χ4v) is 4.39. The molecule has 4 heteroatoms. The summed E-state index contributed by atoms with van der Waals surface area (Å²) in [7, 11) is 0. The van der Waals surface area contributed by atoms with Crippen LogP contribution in [-0.2, 0) is 4.79 Å². The van der Waals surface area contributed by atoms with Gasteiger partial charge in [-0.15, -0.1) is 0 Å². The summed E-state index contributed by atoms with van der Waals surface area (Å²) in [5, 5.41) is 3.12. The molecular formula is C17H22BrNO2. The van der Waals surface area contributed by atoms with Crippen LogP contribution in [0.3, 0.4) is 0 Å². The van der Waals surface area contributed by atoms with E-state index >= 15 is 0 Å². The molecule has 2 saturated carbocycles. The molecule has 2 aliphatic carbocycles. The molecule has 0 aliphatic heterocycles. The molecule has 21 heavy (non-hydrogen) atoms. The second kappa shape index (κ2) is 6.39. The zero-order valence-electron chi connectivity index (χ0n) is 12.3. The number of fused-ring (bicyclic) bond motifs is 2. The Bertz CT molecular complexity index is 519. The van der Waals surface area contributed by atoms with Gasteiger partial charge >= 0.3 is 0 Å². The van der Waals surface area contributed by atoms with Crippen molar-refractivity contribution in [1.29, 1.82) is 0 Å². The van der Waals surface area contributed by atoms with Gasteiger partial charge in [-0.05, 0) is 62.1 Å². The first kappa shape index (κ1) is 14.9. The van der Waals surface area contributed by atoms with E-state index < -0.39 is 0 Å². The number of nitrogens with one attached hydrogen (secondary N) is 1. The lowest BCUT2D eigenvalue weighted by molar-refractivity contribution is -0.124. The maximum Gasteiger partial charge on any atom is 0.258 e. The van der Waals surface area contributed by atoms with Crippen molar-refractivity contribution >= 4 is 21.8 Å². The average Bonchev–Trinajstić information content (AvgIpc) is 3.08. The van der Waals surface area contributed by atoms with Gasteiger partial charge in [0.1, 0.15) is 5.75 Å². The van der Waals surface area contributed by atoms with Crippen molar-refractivity contribution in [2.45, 2.75) is 38.6 Å². The van der Waals surface area contributed by atoms with Crippen LogP contribution >= 0.6 is 15.9 Å². The number of benzene rings is 1. The third-order valence-corrected chi connectivity index (χ3v) is 5.48. The van der Waals surface area contributed by atoms with Crippen LogP contribution in [-0.4, -0.2) is 18.6 Å². The van der Waals surface area contributed by atoms with Gasteiger partial charge in [0.05, 0.1) is 0 Å². The minimum absolute atomic E-state index is 0.0229. The predicted octanol–water partition coefficient (Wildman–Crippen LogP) is 3.77. The highest BCUT2D eigenvalue weighted by molar-refractivity contribution is 9.10. The lowest BCUT2D eigenvalue weighted by Crippen LogP contribution is -2.42. The molecule has 0 heterocycles. The van der Waals surface area contributed by atoms with Gasteiger partial charge in [0.25, 0.3) is 5.91 Å². The van der Waals surface area contributed by atoms with Gasteiger partial charge in [0.15, 0.2) is 6.61 Å². The zero-order valence-corrected chi connectivity index (χ0v) is 13.9. The minimum Gasteiger partial charge on any atom is -0.484 e. The lowest BCUT2D eigenvalue weighted by atomic mass is 9.84. The van der Waals surface area contributed by atoms with Crippen LogP contribution in [0, 0.1) is 17.8 Å². The quantitative estimate of drug-likeness (QED) is 0.876. The Morgan fingerprint density at radius 1 is 1.43 bits per heavy atom. The molecule has 0 unspecified atom stereocenters. The van der Waals surface area contributed by atoms with Crippen LogP contribution in [0.5, 0.6) is 5.75 Å². The average molecular weight is 352 g/mol. The van der Waals surface area contributed by atoms with Crippen LogP contribution in [0.2, 0.25) is 0 Å². The third-order valence-electron chi connectivity index (χ3n) is 4.99. The molecule has 0 saturated heterocycles. The number of hydrogen-bond donors (Lipinski definition) is 1. The van der Waals surface area contributed by atoms with E-state index in [0.29, 0.717) is 11.7 Å². The molecule has 1 aromatic carbocycles. The number of ether oxygens (including phenoxy) is 1. The Balaban J connectivity index is 1.46. The molecule has 114 valence electrons. The van der Waals surface area contributed by atoms with E-state index in [2.05, 4.69) is 28.2 Å². The highest BCUT2D eigenvalue weighted by atomic mass is 79.9. The number of amides is 1. The Morgan fingerprint density at radius 3 is 2.95 bits per heavy atom. The SMILES string of the molecule is C[C@H](NC(=O)COc1cccc(Br)c1)[C@H]1C[C@@H]2CC[C@@H]1C2. The molecule has 0 aromatic heterocycles. The largest absolute Gasteiger partial charge is 0.484 e. The predicted molar refractivity (Wildman–Crippen MR) is 86.2 cm³/mol. The van der Waals surface area contributed by atoms with Crippen LogP contribution in [0.1, 0.15) is 32.6 Å². The smallest absolute Gasteiger partial charge is 0.258 e. The summed E-state index contributed by atoms with van der Waals surface area (Å²) >= 11 is 3.39. The van der Waals surface area contributed by atoms with Crippen LogP contribution in [0.4, 0.5) is 0 Å². The molecule has 4 atom stereocenters. The summed E-state index contributed by atoms with van der Waals surface area (Å²) in [6.45, 7) is 2.23. The van der Waals surface area contributed by atoms with Crippen molar-refractivity contribution in [3.63, 3.8) is 0 Å². The Labute approximate surface area is 134 Å². The Hall–Kier alpha value is -1.03. The summed E-state index contributed by atoms with van der Waals surface area (Å²) < 4.78 is 6.49. The molecule has 0 radical (unpaired) electrons. The van der Waals surface area contributed by atoms with Gasteiger partial charge in [-0.1, -0.05) is 28.4 Å². The molecule has 2 fully saturated rings. The van der Waals surface area contributed by atoms with E-state index in [4.69, 9.17) is 4.74 Å². The molecule has 2 aliphatic rings. The maximum atomic E-state index is 12.0. The molecule has 1 N–H and O–H groups in total. The number of halogens is 1. The summed E-state index contributed by atoms with van der Waals surface area (Å²) in [6.07, 6.45) is 5.41. The summed E-state index contributed by atoms with van der Waals surface area (Å²) in [6, 6.07) is 7.82. The highest BCUT2D eigenvalue weighted by Gasteiger charge is 2.42. The van der Waals surface area contributed by atoms with E-state index in [1.807, 2.05) is 24.3 Å². The molecule has 1 aromatic rings. The molecule has 0 spiro atoms. The number of rotatable bonds is 5. The summed E-state index contributed by atoms with van der Waals surface area (Å²) in [5.74, 6) is 3.10. The van der Waals surface area contributed by atoms with Gasteiger partial charge < -0.3 is 10.1 Å². The van der Waals surface area contributed by atoms with Crippen molar-refractivity contribution < 1.29 is 9.53 Å². The van der Waals surface area contributed by atoms with Gasteiger partial charge in [-0.3, -0.25) is 4.79 Å². The molecule has 1 amide bonds. The van der Waals surface area contributed by atoms with Gasteiger partial charge in [0, 0.05) is 10.5 Å². The monoisotopic (exact) mass is 351 g/mol. The fourth-order valence-electron chi connectivity index (χ4n) is 4.01. The van der Waals surface area contributed by atoms with Crippen molar-refractivity contribution in [2.75, 3.05) is 6.61 Å². The first-order valence-electron chi connectivity index (χ1n) is 7.79. The van der Waals surface area contributed by atoms with E-state index in [1.54, 1.807) is 0 Å². The molecular weight excluding hydrogens is 330 g/mol. The van der Waals surface area contributed by atoms with Gasteiger partial charge in [0.2, 0.25) is 0 Å². The first-order chi connectivity index (χ1) is 10.1. The second-order valence-electron chi connectivity index (χ2n) is 6.44. The Kier molecular flexibility index (Phi) is 4.53. The topological polar surface area (TPSA) is 38.3 Å². The third kappa shape index (κ3) is 3.60. The van der Waals surface area contributed by atoms with Gasteiger partial charge in [-0.2, -0.15) is 0 Å². The van der Waals surface area contributed by atoms with E-state index in [9.17, 15) is 4.79 Å². The van der Waals surface area contributed by atoms with Crippen LogP contribution < -0.4 is 10.1 Å². The van der Waals surface area contributed by atoms with E-state index in [0.717, 1.165) is 16.3 Å². The number of hydrogen-bond acceptors (Lipinski definition) is 2. The van der Waals surface area contributed by atoms with Crippen LogP contribution in [0.15, 0.2) is 28.7 Å². The maximum absolute atomic E-state index is 12.0. The number of carbonyl (C=O) groups is 1. The molecule has 3 nitrogen and oxygen atoms in total. The first-order valence-corrected chi connectivity index (χ1v) is 8.59. The lowest BCUT2D eigenvalue weighted by Gasteiger charge is -2.28. The van der Waals surface area contributed by atoms with Crippen molar-refractivity contribution in [3.05, 3.63) is 28.7 Å². The normalized spacial score (nSPS) is 28.4. The van der Waals surface area contributed by atoms with E-state index in [-0.39, 0.29) is 18.6 Å². The second-order valence-corrected chi connectivity index (χ2v) is 7.36. The van der Waals surface area contributed by atoms with Crippen molar-refractivity contribution in [1.82, 2.24) is 5.32 Å². The molecule has 3 rings (SSSR count). The van der Waals surface area contributed by atoms with Gasteiger partial charge in [-0.25, -0.2) is 0 Å².